The fourth-order valence-electron chi connectivity index (χ4n) is 19.2. The number of amides is 12. The SMILES string of the molecule is CSCC[C@H](NC(=O)[C@H](CC(C)C)NC(=O)[C@H](Cc1c[nH]cn1)NC(=O)CNC(=O)[C@@H](NC(=O)[C@H](C)NC(=O)[C@H](Cc1c[nH]c2ccccc12)NC(=O)[C@H](CCC(N)=O)NC(=O)CC[C@@H](C)[C@H]1CCC2C3CCC4C[C@@H](NC(=O)CNC(=O)CN5CCN(CC(=O)O)CCN(CC(=O)O)CCN(CC(=O)O)CC5)CC[C@]4(C)C3CC(=O)[C@@]21C)C(C)C)C(N)=O. The number of rotatable bonds is 44. The van der Waals surface area contributed by atoms with Gasteiger partial charge in [0.1, 0.15) is 48.1 Å². The van der Waals surface area contributed by atoms with Crippen molar-refractivity contribution in [3.63, 3.8) is 0 Å². The number of hydrogen-bond acceptors (Lipinski definition) is 22. The number of hydrogen-bond donors (Lipinski definition) is 17. The van der Waals surface area contributed by atoms with E-state index in [0.717, 1.165) is 43.0 Å². The fraction of sp³-hybridized carbons (Fsp3) is 0.682. The Morgan fingerprint density at radius 3 is 1.73 bits per heavy atom. The number of para-hydroxylation sites is 1. The number of carboxylic acid groups (broad SMARTS) is 3. The molecule has 0 spiro atoms. The lowest BCUT2D eigenvalue weighted by atomic mass is 9.44. The number of aromatic nitrogens is 3. The van der Waals surface area contributed by atoms with Crippen LogP contribution in [0, 0.1) is 58.2 Å². The number of carboxylic acids is 3. The lowest BCUT2D eigenvalue weighted by Crippen LogP contribution is -2.59. The van der Waals surface area contributed by atoms with Crippen molar-refractivity contribution >= 4 is 117 Å². The van der Waals surface area contributed by atoms with Gasteiger partial charge in [0, 0.05) is 119 Å². The molecule has 4 unspecified atom stereocenters. The van der Waals surface area contributed by atoms with Crippen LogP contribution >= 0.6 is 11.8 Å². The molecular weight excluding hydrogens is 1620 g/mol. The van der Waals surface area contributed by atoms with Crippen molar-refractivity contribution in [1.82, 2.24) is 87.7 Å². The van der Waals surface area contributed by atoms with E-state index < -0.39 is 143 Å². The fourth-order valence-corrected chi connectivity index (χ4v) is 19.7. The van der Waals surface area contributed by atoms with Gasteiger partial charge in [-0.1, -0.05) is 66.7 Å². The van der Waals surface area contributed by atoms with Crippen LogP contribution in [0.4, 0.5) is 0 Å². The van der Waals surface area contributed by atoms with Crippen LogP contribution in [0.25, 0.3) is 10.9 Å². The van der Waals surface area contributed by atoms with Gasteiger partial charge >= 0.3 is 17.9 Å². The molecule has 5 fully saturated rings. The number of Topliss-reactive ketones (excluding diaryl/α,β-unsaturated/α-hetero) is 1. The number of aliphatic carboxylic acids is 3. The van der Waals surface area contributed by atoms with Crippen molar-refractivity contribution in [1.29, 1.82) is 0 Å². The van der Waals surface area contributed by atoms with E-state index in [0.29, 0.717) is 42.7 Å². The minimum absolute atomic E-state index is 0.0435. The third-order valence-electron chi connectivity index (χ3n) is 26.0. The van der Waals surface area contributed by atoms with E-state index in [-0.39, 0.29) is 195 Å². The zero-order valence-corrected chi connectivity index (χ0v) is 73.7. The van der Waals surface area contributed by atoms with Gasteiger partial charge in [0.25, 0.3) is 0 Å². The minimum atomic E-state index is -1.41. The zero-order valence-electron chi connectivity index (χ0n) is 72.9. The highest BCUT2D eigenvalue weighted by atomic mass is 32.2. The minimum Gasteiger partial charge on any atom is -0.480 e. The molecule has 38 nitrogen and oxygen atoms in total. The Kier molecular flexibility index (Phi) is 37.4. The highest BCUT2D eigenvalue weighted by Crippen LogP contribution is 2.67. The van der Waals surface area contributed by atoms with Gasteiger partial charge < -0.3 is 89.9 Å². The molecule has 16 atom stereocenters. The first-order chi connectivity index (χ1) is 58.7. The standard InChI is InChI=1S/C85H131N19O19S/c1-48(2)34-64(81(121)97-62(77(87)117)23-33-124-9)98-82(122)66(37-55-40-88-47-92-55)96-71(109)42-91-83(123)76(49(3)4)100-78(118)51(6)93-80(120)65(35-52-39-89-61-13-11-10-12-56(52)61)99-79(119)63(19-20-68(86)106)95-69(107)21-14-50(5)58-17-18-59-57-16-15-53-36-54(22-24-84(53,7)60(57)38-67(105)85(58,59)8)94-70(108)41-90-72(110)43-101-25-27-102(44-73(111)112)29-31-104(46-75(115)116)32-30-103(28-26-101)45-74(113)114/h10-13,39-40,47-51,53-54,57-60,62-66,76,89H,14-38,41-46H2,1-9H3,(H2,86,106)(H2,87,117)(H,88,92)(H,90,110)(H,91,123)(H,93,120)(H,94,108)(H,95,107)(H,96,109)(H,97,121)(H,98,122)(H,99,119)(H,100,118)(H,111,112)(H,113,114)(H,115,116)/t50-,51+,53?,54+,57?,58-,59?,60?,62+,63+,64+,65+,66+,76+,84+,85-/m1/s1. The molecule has 1 aromatic carbocycles. The second-order valence-corrected chi connectivity index (χ2v) is 36.6. The molecule has 12 amide bonds. The lowest BCUT2D eigenvalue weighted by molar-refractivity contribution is -0.158. The molecule has 5 aliphatic rings. The number of nitrogens with zero attached hydrogens (tertiary/aromatic N) is 5. The van der Waals surface area contributed by atoms with Crippen LogP contribution in [-0.2, 0) is 89.6 Å². The highest BCUT2D eigenvalue weighted by Gasteiger charge is 2.64. The van der Waals surface area contributed by atoms with Crippen molar-refractivity contribution in [3.05, 3.63) is 54.2 Å². The van der Waals surface area contributed by atoms with Crippen molar-refractivity contribution in [2.75, 3.05) is 104 Å². The van der Waals surface area contributed by atoms with Gasteiger partial charge in [-0.2, -0.15) is 11.8 Å². The second kappa shape index (κ2) is 46.7. The number of thioether (sulfide) groups is 1. The van der Waals surface area contributed by atoms with Gasteiger partial charge in [-0.25, -0.2) is 4.98 Å². The maximum atomic E-state index is 15.0. The van der Waals surface area contributed by atoms with Gasteiger partial charge in [-0.15, -0.1) is 0 Å². The average molecular weight is 1760 g/mol. The van der Waals surface area contributed by atoms with Crippen LogP contribution in [0.15, 0.2) is 43.0 Å². The lowest BCUT2D eigenvalue weighted by Gasteiger charge is -2.60. The first kappa shape index (κ1) is 99.3. The number of nitrogens with two attached hydrogens (primary N) is 2. The summed E-state index contributed by atoms with van der Waals surface area (Å²) in [6.45, 7) is 14.6. The predicted octanol–water partition coefficient (Wildman–Crippen LogP) is -0.257. The molecule has 4 aliphatic carbocycles. The van der Waals surface area contributed by atoms with Crippen LogP contribution in [0.1, 0.15) is 157 Å². The molecule has 3 heterocycles. The molecule has 2 aromatic heterocycles. The Morgan fingerprint density at radius 2 is 1.15 bits per heavy atom. The molecule has 19 N–H and O–H groups in total. The molecule has 0 bridgehead atoms. The number of nitrogens with one attached hydrogen (secondary N) is 12. The summed E-state index contributed by atoms with van der Waals surface area (Å²) in [5.41, 5.74) is 12.1. The molecule has 1 aliphatic heterocycles. The Bertz CT molecular complexity index is 4210. The second-order valence-electron chi connectivity index (χ2n) is 35.6. The summed E-state index contributed by atoms with van der Waals surface area (Å²) in [6.07, 6.45) is 12.4. The Morgan fingerprint density at radius 1 is 0.573 bits per heavy atom. The molecule has 1 saturated heterocycles. The van der Waals surface area contributed by atoms with Crippen LogP contribution in [0.3, 0.4) is 0 Å². The van der Waals surface area contributed by atoms with Crippen molar-refractivity contribution < 1.29 is 92.0 Å². The largest absolute Gasteiger partial charge is 0.480 e. The summed E-state index contributed by atoms with van der Waals surface area (Å²) in [5.74, 6) is -10.9. The summed E-state index contributed by atoms with van der Waals surface area (Å²) in [6, 6.07) is -1.76. The normalized spacial score (nSPS) is 23.5. The smallest absolute Gasteiger partial charge is 0.317 e. The molecule has 124 heavy (non-hydrogen) atoms. The van der Waals surface area contributed by atoms with E-state index >= 15 is 4.79 Å². The van der Waals surface area contributed by atoms with E-state index in [1.54, 1.807) is 45.7 Å². The third kappa shape index (κ3) is 28.7. The van der Waals surface area contributed by atoms with E-state index in [4.69, 9.17) is 11.5 Å². The maximum absolute atomic E-state index is 15.0. The molecule has 8 rings (SSSR count). The van der Waals surface area contributed by atoms with E-state index in [9.17, 15) is 87.2 Å². The van der Waals surface area contributed by atoms with E-state index in [2.05, 4.69) is 88.9 Å². The maximum Gasteiger partial charge on any atom is 0.317 e. The van der Waals surface area contributed by atoms with Crippen molar-refractivity contribution in [2.24, 2.45) is 69.6 Å². The Balaban J connectivity index is 0.836. The Labute approximate surface area is 727 Å². The average Bonchev–Trinajstić information content (AvgIpc) is 1.49. The molecular formula is C85H131N19O19S. The molecule has 686 valence electrons. The van der Waals surface area contributed by atoms with Gasteiger partial charge in [0.05, 0.1) is 51.3 Å². The predicted molar refractivity (Wildman–Crippen MR) is 459 cm³/mol. The van der Waals surface area contributed by atoms with Crippen LogP contribution < -0.4 is 64.6 Å². The molecule has 39 heteroatoms. The van der Waals surface area contributed by atoms with Gasteiger partial charge in [-0.05, 0) is 154 Å². The number of primary amides is 2. The third-order valence-corrected chi connectivity index (χ3v) is 26.7. The van der Waals surface area contributed by atoms with Crippen molar-refractivity contribution in [3.8, 4) is 0 Å². The van der Waals surface area contributed by atoms with Crippen LogP contribution in [0.5, 0.6) is 0 Å². The zero-order chi connectivity index (χ0) is 90.9. The number of carbonyl (C=O) groups excluding carboxylic acids is 13. The molecule has 3 aromatic rings. The summed E-state index contributed by atoms with van der Waals surface area (Å²) < 4.78 is 0. The first-order valence-electron chi connectivity index (χ1n) is 43.4. The highest BCUT2D eigenvalue weighted by molar-refractivity contribution is 7.98. The van der Waals surface area contributed by atoms with E-state index in [1.165, 1.54) is 31.2 Å². The number of fused-ring (bicyclic) bond motifs is 6. The van der Waals surface area contributed by atoms with Gasteiger partial charge in [0.2, 0.25) is 70.9 Å². The monoisotopic (exact) mass is 1750 g/mol. The summed E-state index contributed by atoms with van der Waals surface area (Å²) >= 11 is 1.46. The molecule has 4 saturated carbocycles. The van der Waals surface area contributed by atoms with Crippen LogP contribution in [-0.4, -0.2) is 296 Å². The quantitative estimate of drug-likeness (QED) is 0.0347. The summed E-state index contributed by atoms with van der Waals surface area (Å²) in [7, 11) is 0. The van der Waals surface area contributed by atoms with E-state index in [1.807, 2.05) is 38.3 Å². The van der Waals surface area contributed by atoms with Gasteiger partial charge in [0.15, 0.2) is 0 Å². The summed E-state index contributed by atoms with van der Waals surface area (Å²) in [5, 5.41) is 56.8. The van der Waals surface area contributed by atoms with Crippen molar-refractivity contribution in [2.45, 2.75) is 206 Å². The number of imidazole rings is 1. The first-order valence-corrected chi connectivity index (χ1v) is 44.8. The number of carbonyl (C=O) groups is 16. The summed E-state index contributed by atoms with van der Waals surface area (Å²) in [4.78, 5) is 232. The van der Waals surface area contributed by atoms with Gasteiger partial charge in [-0.3, -0.25) is 96.3 Å². The number of aromatic amines is 2. The number of benzene rings is 1. The number of ketones is 1. The van der Waals surface area contributed by atoms with Crippen LogP contribution in [0.2, 0.25) is 0 Å². The molecule has 0 radical (unpaired) electrons. The Hall–Kier alpha value is -10.1. The number of H-pyrrole nitrogens is 2. The topological polar surface area (TPSA) is 564 Å².